The van der Waals surface area contributed by atoms with Crippen LogP contribution in [0.5, 0.6) is 17.2 Å². The molecule has 3 heterocycles. The molecule has 0 bridgehead atoms. The molecule has 6 rings (SSSR count). The minimum atomic E-state index is -0.935. The molecule has 1 aromatic heterocycles. The van der Waals surface area contributed by atoms with E-state index in [9.17, 15) is 14.7 Å². The van der Waals surface area contributed by atoms with Crippen molar-refractivity contribution in [1.82, 2.24) is 4.98 Å². The van der Waals surface area contributed by atoms with Gasteiger partial charge in [0, 0.05) is 12.0 Å². The molecule has 8 nitrogen and oxygen atoms in total. The number of rotatable bonds is 7. The fraction of sp³-hybridized carbons (Fsp3) is 0.281. The van der Waals surface area contributed by atoms with Crippen LogP contribution in [0.1, 0.15) is 49.1 Å². The molecule has 2 unspecified atom stereocenters. The lowest BCUT2D eigenvalue weighted by molar-refractivity contribution is -0.132. The van der Waals surface area contributed by atoms with Gasteiger partial charge in [0.05, 0.1) is 35.0 Å². The molecule has 0 aliphatic carbocycles. The number of hydrogen-bond donors (Lipinski definition) is 1. The second-order valence-corrected chi connectivity index (χ2v) is 11.2. The third-order valence-corrected chi connectivity index (χ3v) is 8.25. The summed E-state index contributed by atoms with van der Waals surface area (Å²) in [5.41, 5.74) is 3.75. The SMILES string of the molecule is CCOc1ccc(C2C(=C(O)c3ccc4c(c3)CC(C)O4)C(=O)C(=O)N2c2nc3ccc(C)cc3s2)cc1OCC. The number of thiazole rings is 1. The molecule has 1 saturated heterocycles. The summed E-state index contributed by atoms with van der Waals surface area (Å²) in [6, 6.07) is 15.6. The lowest BCUT2D eigenvalue weighted by Crippen LogP contribution is -2.29. The first-order chi connectivity index (χ1) is 19.8. The van der Waals surface area contributed by atoms with Crippen LogP contribution in [0.4, 0.5) is 5.13 Å². The van der Waals surface area contributed by atoms with Gasteiger partial charge in [0.2, 0.25) is 0 Å². The Bertz CT molecular complexity index is 1720. The molecule has 3 aromatic carbocycles. The quantitative estimate of drug-likeness (QED) is 0.157. The lowest BCUT2D eigenvalue weighted by atomic mass is 9.94. The highest BCUT2D eigenvalue weighted by Gasteiger charge is 2.48. The predicted molar refractivity (Wildman–Crippen MR) is 158 cm³/mol. The highest BCUT2D eigenvalue weighted by molar-refractivity contribution is 7.22. The third kappa shape index (κ3) is 4.70. The molecule has 0 radical (unpaired) electrons. The van der Waals surface area contributed by atoms with Crippen molar-refractivity contribution in [3.63, 3.8) is 0 Å². The molecular formula is C32H30N2O6S. The summed E-state index contributed by atoms with van der Waals surface area (Å²) in [6.45, 7) is 8.57. The molecule has 4 aromatic rings. The number of carbonyl (C=O) groups excluding carboxylic acids is 2. The Kier molecular flexibility index (Phi) is 6.91. The van der Waals surface area contributed by atoms with E-state index in [1.165, 1.54) is 16.2 Å². The van der Waals surface area contributed by atoms with Crippen molar-refractivity contribution >= 4 is 44.1 Å². The number of fused-ring (bicyclic) bond motifs is 2. The number of ether oxygens (including phenoxy) is 3. The average Bonchev–Trinajstić information content (AvgIpc) is 3.61. The standard InChI is InChI=1S/C32H30N2O6S/c1-5-38-24-12-8-19(16-25(24)39-6-2)28-27(29(35)20-9-11-23-21(15-20)14-18(4)40-23)30(36)31(37)34(28)32-33-22-10-7-17(3)13-26(22)41-32/h7-13,15-16,18,28,35H,5-6,14H2,1-4H3. The van der Waals surface area contributed by atoms with Crippen molar-refractivity contribution in [2.24, 2.45) is 0 Å². The minimum Gasteiger partial charge on any atom is -0.507 e. The van der Waals surface area contributed by atoms with Crippen LogP contribution < -0.4 is 19.1 Å². The predicted octanol–water partition coefficient (Wildman–Crippen LogP) is 6.35. The van der Waals surface area contributed by atoms with Gasteiger partial charge < -0.3 is 19.3 Å². The van der Waals surface area contributed by atoms with E-state index in [0.29, 0.717) is 47.4 Å². The van der Waals surface area contributed by atoms with Crippen molar-refractivity contribution in [2.45, 2.75) is 46.3 Å². The molecule has 9 heteroatoms. The fourth-order valence-corrected chi connectivity index (χ4v) is 6.52. The highest BCUT2D eigenvalue weighted by atomic mass is 32.1. The summed E-state index contributed by atoms with van der Waals surface area (Å²) in [6.07, 6.45) is 0.715. The van der Waals surface area contributed by atoms with Crippen molar-refractivity contribution in [3.8, 4) is 17.2 Å². The number of aryl methyl sites for hydroxylation is 1. The van der Waals surface area contributed by atoms with E-state index in [0.717, 1.165) is 27.1 Å². The molecular weight excluding hydrogens is 540 g/mol. The van der Waals surface area contributed by atoms with Gasteiger partial charge in [-0.05, 0) is 86.8 Å². The van der Waals surface area contributed by atoms with Crippen LogP contribution in [0.25, 0.3) is 16.0 Å². The maximum absolute atomic E-state index is 13.7. The molecule has 210 valence electrons. The first kappa shape index (κ1) is 26.8. The number of hydrogen-bond acceptors (Lipinski definition) is 8. The van der Waals surface area contributed by atoms with Gasteiger partial charge in [0.25, 0.3) is 5.78 Å². The van der Waals surface area contributed by atoms with E-state index < -0.39 is 17.7 Å². The Morgan fingerprint density at radius 3 is 2.61 bits per heavy atom. The van der Waals surface area contributed by atoms with E-state index in [-0.39, 0.29) is 17.4 Å². The Morgan fingerprint density at radius 2 is 1.83 bits per heavy atom. The number of aliphatic hydroxyl groups excluding tert-OH is 1. The largest absolute Gasteiger partial charge is 0.507 e. The third-order valence-electron chi connectivity index (χ3n) is 7.24. The van der Waals surface area contributed by atoms with Gasteiger partial charge in [0.1, 0.15) is 17.6 Å². The second kappa shape index (κ2) is 10.6. The minimum absolute atomic E-state index is 0.0102. The monoisotopic (exact) mass is 570 g/mol. The molecule has 0 saturated carbocycles. The van der Waals surface area contributed by atoms with Gasteiger partial charge in [-0.3, -0.25) is 14.5 Å². The Labute approximate surface area is 241 Å². The zero-order valence-electron chi connectivity index (χ0n) is 23.3. The first-order valence-corrected chi connectivity index (χ1v) is 14.5. The molecule has 41 heavy (non-hydrogen) atoms. The van der Waals surface area contributed by atoms with Gasteiger partial charge in [-0.2, -0.15) is 0 Å². The van der Waals surface area contributed by atoms with Crippen LogP contribution in [-0.2, 0) is 16.0 Å². The van der Waals surface area contributed by atoms with Crippen molar-refractivity contribution in [3.05, 3.63) is 82.4 Å². The van der Waals surface area contributed by atoms with Crippen molar-refractivity contribution in [1.29, 1.82) is 0 Å². The van der Waals surface area contributed by atoms with Crippen molar-refractivity contribution in [2.75, 3.05) is 18.1 Å². The summed E-state index contributed by atoms with van der Waals surface area (Å²) in [4.78, 5) is 33.5. The number of ketones is 1. The molecule has 2 aliphatic heterocycles. The number of amides is 1. The van der Waals surface area contributed by atoms with Crippen LogP contribution in [0.15, 0.2) is 60.2 Å². The summed E-state index contributed by atoms with van der Waals surface area (Å²) < 4.78 is 18.3. The molecule has 1 N–H and O–H groups in total. The van der Waals surface area contributed by atoms with Gasteiger partial charge in [-0.15, -0.1) is 0 Å². The molecule has 2 atom stereocenters. The maximum Gasteiger partial charge on any atom is 0.301 e. The normalized spacial score (nSPS) is 19.5. The number of carbonyl (C=O) groups is 2. The summed E-state index contributed by atoms with van der Waals surface area (Å²) in [7, 11) is 0. The topological polar surface area (TPSA) is 98.2 Å². The Morgan fingerprint density at radius 1 is 1.05 bits per heavy atom. The van der Waals surface area contributed by atoms with Gasteiger partial charge in [0.15, 0.2) is 16.6 Å². The van der Waals surface area contributed by atoms with Crippen LogP contribution in [0.3, 0.4) is 0 Å². The smallest absolute Gasteiger partial charge is 0.301 e. The number of aromatic nitrogens is 1. The number of nitrogens with zero attached hydrogens (tertiary/aromatic N) is 2. The average molecular weight is 571 g/mol. The maximum atomic E-state index is 13.7. The van der Waals surface area contributed by atoms with E-state index >= 15 is 0 Å². The molecule has 2 aliphatic rings. The van der Waals surface area contributed by atoms with Crippen LogP contribution in [0, 0.1) is 6.92 Å². The van der Waals surface area contributed by atoms with Crippen LogP contribution in [0.2, 0.25) is 0 Å². The Balaban J connectivity index is 1.55. The van der Waals surface area contributed by atoms with Gasteiger partial charge >= 0.3 is 5.91 Å². The summed E-state index contributed by atoms with van der Waals surface area (Å²) in [5.74, 6) is 0.0159. The molecule has 1 amide bonds. The zero-order valence-corrected chi connectivity index (χ0v) is 24.1. The van der Waals surface area contributed by atoms with E-state index in [2.05, 4.69) is 0 Å². The number of benzene rings is 3. The summed E-state index contributed by atoms with van der Waals surface area (Å²) >= 11 is 1.33. The van der Waals surface area contributed by atoms with E-state index in [1.54, 1.807) is 30.3 Å². The zero-order chi connectivity index (χ0) is 28.8. The first-order valence-electron chi connectivity index (χ1n) is 13.7. The van der Waals surface area contributed by atoms with Gasteiger partial charge in [-0.1, -0.05) is 23.5 Å². The number of Topliss-reactive ketones (excluding diaryl/α,β-unsaturated/α-hetero) is 1. The summed E-state index contributed by atoms with van der Waals surface area (Å²) in [5, 5.41) is 12.0. The van der Waals surface area contributed by atoms with Crippen molar-refractivity contribution < 1.29 is 28.9 Å². The van der Waals surface area contributed by atoms with Gasteiger partial charge in [-0.25, -0.2) is 4.98 Å². The number of aliphatic hydroxyl groups is 1. The van der Waals surface area contributed by atoms with Crippen LogP contribution >= 0.6 is 11.3 Å². The lowest BCUT2D eigenvalue weighted by Gasteiger charge is -2.24. The number of anilines is 1. The highest BCUT2D eigenvalue weighted by Crippen LogP contribution is 2.46. The van der Waals surface area contributed by atoms with E-state index in [4.69, 9.17) is 19.2 Å². The van der Waals surface area contributed by atoms with Crippen LogP contribution in [-0.4, -0.2) is 41.1 Å². The molecule has 1 fully saturated rings. The van der Waals surface area contributed by atoms with E-state index in [1.807, 2.05) is 52.0 Å². The second-order valence-electron chi connectivity index (χ2n) is 10.2. The Hall–Kier alpha value is -4.37. The fourth-order valence-electron chi connectivity index (χ4n) is 5.43. The molecule has 0 spiro atoms.